The summed E-state index contributed by atoms with van der Waals surface area (Å²) in [4.78, 5) is 33.3. The van der Waals surface area contributed by atoms with Gasteiger partial charge in [0.2, 0.25) is 0 Å². The molecule has 21 heavy (non-hydrogen) atoms. The standard InChI is InChI=1S/C14H21NO6/c1-10(2)12(16)19-7-5-8-21-14(18)15-6-9-20-13(17)11(3)4/h1,3,5-9H2,2,4H3,(H,15,18). The molecule has 0 aliphatic rings. The van der Waals surface area contributed by atoms with Crippen LogP contribution in [0.15, 0.2) is 24.3 Å². The largest absolute Gasteiger partial charge is 0.462 e. The van der Waals surface area contributed by atoms with E-state index in [1.54, 1.807) is 6.92 Å². The van der Waals surface area contributed by atoms with Gasteiger partial charge in [-0.2, -0.15) is 0 Å². The molecular weight excluding hydrogens is 278 g/mol. The van der Waals surface area contributed by atoms with E-state index < -0.39 is 18.0 Å². The highest BCUT2D eigenvalue weighted by atomic mass is 16.6. The minimum Gasteiger partial charge on any atom is -0.462 e. The molecule has 0 spiro atoms. The Bertz CT molecular complexity index is 416. The van der Waals surface area contributed by atoms with E-state index in [1.165, 1.54) is 6.92 Å². The number of hydrogen-bond acceptors (Lipinski definition) is 6. The summed E-state index contributed by atoms with van der Waals surface area (Å²) in [6, 6.07) is 0. The number of rotatable bonds is 9. The van der Waals surface area contributed by atoms with Crippen molar-refractivity contribution in [3.05, 3.63) is 24.3 Å². The predicted octanol–water partition coefficient (Wildman–Crippen LogP) is 1.34. The molecule has 0 unspecified atom stereocenters. The molecule has 0 bridgehead atoms. The second-order valence-electron chi connectivity index (χ2n) is 4.25. The molecule has 0 rings (SSSR count). The summed E-state index contributed by atoms with van der Waals surface area (Å²) in [6.45, 7) is 10.4. The van der Waals surface area contributed by atoms with Crippen molar-refractivity contribution in [2.24, 2.45) is 0 Å². The molecule has 0 saturated heterocycles. The summed E-state index contributed by atoms with van der Waals surface area (Å²) >= 11 is 0. The molecule has 0 radical (unpaired) electrons. The molecule has 0 aliphatic carbocycles. The monoisotopic (exact) mass is 299 g/mol. The molecule has 0 saturated carbocycles. The van der Waals surface area contributed by atoms with Crippen molar-refractivity contribution in [2.75, 3.05) is 26.4 Å². The zero-order valence-electron chi connectivity index (χ0n) is 12.4. The molecule has 0 aromatic heterocycles. The van der Waals surface area contributed by atoms with E-state index >= 15 is 0 Å². The Morgan fingerprint density at radius 2 is 1.33 bits per heavy atom. The first kappa shape index (κ1) is 18.7. The summed E-state index contributed by atoms with van der Waals surface area (Å²) in [5, 5.41) is 2.40. The third kappa shape index (κ3) is 10.2. The highest BCUT2D eigenvalue weighted by Crippen LogP contribution is 1.94. The van der Waals surface area contributed by atoms with Crippen molar-refractivity contribution in [1.29, 1.82) is 0 Å². The fourth-order valence-corrected chi connectivity index (χ4v) is 0.983. The van der Waals surface area contributed by atoms with Crippen molar-refractivity contribution in [3.8, 4) is 0 Å². The highest BCUT2D eigenvalue weighted by Gasteiger charge is 2.05. The van der Waals surface area contributed by atoms with E-state index in [1.807, 2.05) is 0 Å². The lowest BCUT2D eigenvalue weighted by atomic mass is 10.4. The number of carbonyl (C=O) groups excluding carboxylic acids is 3. The van der Waals surface area contributed by atoms with Crippen LogP contribution in [0.2, 0.25) is 0 Å². The quantitative estimate of drug-likeness (QED) is 0.299. The Labute approximate surface area is 123 Å². The van der Waals surface area contributed by atoms with Gasteiger partial charge in [-0.15, -0.1) is 0 Å². The van der Waals surface area contributed by atoms with Gasteiger partial charge in [-0.1, -0.05) is 13.2 Å². The van der Waals surface area contributed by atoms with Crippen LogP contribution in [0.25, 0.3) is 0 Å². The van der Waals surface area contributed by atoms with Crippen LogP contribution in [0.1, 0.15) is 20.3 Å². The van der Waals surface area contributed by atoms with Crippen LogP contribution in [-0.4, -0.2) is 44.4 Å². The number of nitrogens with one attached hydrogen (secondary N) is 1. The van der Waals surface area contributed by atoms with Crippen LogP contribution in [0.3, 0.4) is 0 Å². The van der Waals surface area contributed by atoms with Gasteiger partial charge in [0.1, 0.15) is 6.61 Å². The second kappa shape index (κ2) is 10.5. The van der Waals surface area contributed by atoms with E-state index in [-0.39, 0.29) is 26.4 Å². The van der Waals surface area contributed by atoms with Crippen LogP contribution in [0, 0.1) is 0 Å². The van der Waals surface area contributed by atoms with Crippen LogP contribution in [-0.2, 0) is 23.8 Å². The number of carbonyl (C=O) groups is 3. The van der Waals surface area contributed by atoms with Crippen LogP contribution >= 0.6 is 0 Å². The average molecular weight is 299 g/mol. The van der Waals surface area contributed by atoms with Crippen LogP contribution in [0.4, 0.5) is 4.79 Å². The first-order valence-electron chi connectivity index (χ1n) is 6.40. The van der Waals surface area contributed by atoms with E-state index in [9.17, 15) is 14.4 Å². The molecule has 0 fully saturated rings. The Morgan fingerprint density at radius 1 is 0.857 bits per heavy atom. The summed E-state index contributed by atoms with van der Waals surface area (Å²) in [5.41, 5.74) is 0.611. The van der Waals surface area contributed by atoms with Gasteiger partial charge in [-0.05, 0) is 13.8 Å². The highest BCUT2D eigenvalue weighted by molar-refractivity contribution is 5.87. The molecule has 118 valence electrons. The lowest BCUT2D eigenvalue weighted by Gasteiger charge is -2.08. The van der Waals surface area contributed by atoms with Crippen molar-refractivity contribution in [3.63, 3.8) is 0 Å². The smallest absolute Gasteiger partial charge is 0.407 e. The first-order valence-corrected chi connectivity index (χ1v) is 6.40. The zero-order chi connectivity index (χ0) is 16.3. The molecule has 0 aromatic rings. The summed E-state index contributed by atoms with van der Waals surface area (Å²) in [5.74, 6) is -0.983. The number of esters is 2. The van der Waals surface area contributed by atoms with Crippen molar-refractivity contribution >= 4 is 18.0 Å². The molecule has 0 atom stereocenters. The Kier molecular flexibility index (Phi) is 9.32. The van der Waals surface area contributed by atoms with Gasteiger partial charge in [0.15, 0.2) is 0 Å². The molecule has 7 nitrogen and oxygen atoms in total. The van der Waals surface area contributed by atoms with Gasteiger partial charge in [-0.3, -0.25) is 0 Å². The normalized spacial score (nSPS) is 9.43. The minimum absolute atomic E-state index is 0.0387. The fraction of sp³-hybridized carbons (Fsp3) is 0.500. The van der Waals surface area contributed by atoms with E-state index in [0.29, 0.717) is 17.6 Å². The van der Waals surface area contributed by atoms with Crippen molar-refractivity contribution in [2.45, 2.75) is 20.3 Å². The maximum atomic E-state index is 11.2. The molecule has 0 heterocycles. The van der Waals surface area contributed by atoms with E-state index in [2.05, 4.69) is 18.5 Å². The molecule has 0 aliphatic heterocycles. The maximum Gasteiger partial charge on any atom is 0.407 e. The lowest BCUT2D eigenvalue weighted by molar-refractivity contribution is -0.140. The summed E-state index contributed by atoms with van der Waals surface area (Å²) < 4.78 is 14.4. The van der Waals surface area contributed by atoms with E-state index in [4.69, 9.17) is 14.2 Å². The van der Waals surface area contributed by atoms with E-state index in [0.717, 1.165) is 0 Å². The topological polar surface area (TPSA) is 90.9 Å². The van der Waals surface area contributed by atoms with Crippen LogP contribution < -0.4 is 5.32 Å². The number of amides is 1. The Morgan fingerprint density at radius 3 is 1.86 bits per heavy atom. The van der Waals surface area contributed by atoms with Gasteiger partial charge in [0.25, 0.3) is 0 Å². The average Bonchev–Trinajstić information content (AvgIpc) is 2.42. The van der Waals surface area contributed by atoms with Gasteiger partial charge < -0.3 is 19.5 Å². The molecular formula is C14H21NO6. The molecule has 1 amide bonds. The minimum atomic E-state index is -0.632. The zero-order valence-corrected chi connectivity index (χ0v) is 12.4. The van der Waals surface area contributed by atoms with Gasteiger partial charge in [-0.25, -0.2) is 14.4 Å². The second-order valence-corrected chi connectivity index (χ2v) is 4.25. The predicted molar refractivity (Wildman–Crippen MR) is 75.5 cm³/mol. The maximum absolute atomic E-state index is 11.2. The first-order chi connectivity index (χ1) is 9.84. The van der Waals surface area contributed by atoms with Gasteiger partial charge in [0, 0.05) is 17.6 Å². The number of alkyl carbamates (subject to hydrolysis) is 1. The lowest BCUT2D eigenvalue weighted by Crippen LogP contribution is -2.29. The Balaban J connectivity index is 3.51. The van der Waals surface area contributed by atoms with Gasteiger partial charge in [0.05, 0.1) is 19.8 Å². The third-order valence-electron chi connectivity index (χ3n) is 2.06. The summed E-state index contributed by atoms with van der Waals surface area (Å²) in [7, 11) is 0. The molecule has 7 heteroatoms. The molecule has 0 aromatic carbocycles. The fourth-order valence-electron chi connectivity index (χ4n) is 0.983. The van der Waals surface area contributed by atoms with Gasteiger partial charge >= 0.3 is 18.0 Å². The SMILES string of the molecule is C=C(C)C(=O)OCCCOC(=O)NCCOC(=O)C(=C)C. The van der Waals surface area contributed by atoms with Crippen molar-refractivity contribution < 1.29 is 28.6 Å². The number of ether oxygens (including phenoxy) is 3. The number of hydrogen-bond donors (Lipinski definition) is 1. The summed E-state index contributed by atoms with van der Waals surface area (Å²) in [6.07, 6.45) is -0.246. The molecule has 1 N–H and O–H groups in total. The van der Waals surface area contributed by atoms with Crippen LogP contribution in [0.5, 0.6) is 0 Å². The van der Waals surface area contributed by atoms with Crippen molar-refractivity contribution in [1.82, 2.24) is 5.32 Å². The third-order valence-corrected chi connectivity index (χ3v) is 2.06. The Hall–Kier alpha value is -2.31.